The van der Waals surface area contributed by atoms with Crippen molar-refractivity contribution in [1.82, 2.24) is 5.16 Å². The van der Waals surface area contributed by atoms with Gasteiger partial charge in [-0.1, -0.05) is 16.8 Å². The molecule has 0 aliphatic carbocycles. The van der Waals surface area contributed by atoms with Crippen LogP contribution in [0, 0.1) is 13.8 Å². The van der Waals surface area contributed by atoms with Crippen LogP contribution in [0.2, 0.25) is 5.02 Å². The van der Waals surface area contributed by atoms with E-state index in [1.165, 1.54) is 6.92 Å². The lowest BCUT2D eigenvalue weighted by Crippen LogP contribution is -2.30. The molecule has 1 heterocycles. The second kappa shape index (κ2) is 7.97. The number of aryl methyl sites for hydroxylation is 2. The first kappa shape index (κ1) is 18.0. The van der Waals surface area contributed by atoms with Crippen LogP contribution in [-0.2, 0) is 20.7 Å². The minimum atomic E-state index is -0.891. The van der Waals surface area contributed by atoms with Crippen LogP contribution in [-0.4, -0.2) is 23.1 Å². The number of aromatic nitrogens is 1. The van der Waals surface area contributed by atoms with Gasteiger partial charge < -0.3 is 14.6 Å². The van der Waals surface area contributed by atoms with E-state index in [9.17, 15) is 9.59 Å². The molecule has 128 valence electrons. The van der Waals surface area contributed by atoms with E-state index in [2.05, 4.69) is 10.5 Å². The Bertz CT molecular complexity index is 705. The van der Waals surface area contributed by atoms with Gasteiger partial charge in [0.15, 0.2) is 6.10 Å². The zero-order chi connectivity index (χ0) is 17.7. The van der Waals surface area contributed by atoms with Crippen LogP contribution >= 0.6 is 11.6 Å². The van der Waals surface area contributed by atoms with E-state index in [1.807, 2.05) is 6.92 Å². The van der Waals surface area contributed by atoms with Crippen LogP contribution in [0.4, 0.5) is 5.69 Å². The van der Waals surface area contributed by atoms with Gasteiger partial charge in [-0.15, -0.1) is 0 Å². The number of rotatable bonds is 6. The lowest BCUT2D eigenvalue weighted by molar-refractivity contribution is -0.153. The number of esters is 1. The van der Waals surface area contributed by atoms with Gasteiger partial charge in [-0.2, -0.15) is 0 Å². The molecule has 2 rings (SSSR count). The molecule has 0 saturated carbocycles. The molecular formula is C17H19ClN2O4. The van der Waals surface area contributed by atoms with Gasteiger partial charge in [0.1, 0.15) is 5.76 Å². The molecule has 1 unspecified atom stereocenters. The molecule has 0 radical (unpaired) electrons. The summed E-state index contributed by atoms with van der Waals surface area (Å²) in [6.45, 7) is 5.14. The molecule has 7 heteroatoms. The normalized spacial score (nSPS) is 11.8. The highest BCUT2D eigenvalue weighted by Gasteiger charge is 2.19. The maximum absolute atomic E-state index is 12.0. The zero-order valence-corrected chi connectivity index (χ0v) is 14.5. The monoisotopic (exact) mass is 350 g/mol. The molecule has 24 heavy (non-hydrogen) atoms. The Balaban J connectivity index is 1.82. The van der Waals surface area contributed by atoms with Gasteiger partial charge in [-0.25, -0.2) is 0 Å². The summed E-state index contributed by atoms with van der Waals surface area (Å²) in [5.74, 6) is -0.161. The third kappa shape index (κ3) is 4.83. The third-order valence-corrected chi connectivity index (χ3v) is 3.80. The number of hydrogen-bond acceptors (Lipinski definition) is 5. The highest BCUT2D eigenvalue weighted by molar-refractivity contribution is 6.30. The lowest BCUT2D eigenvalue weighted by atomic mass is 10.1. The van der Waals surface area contributed by atoms with Crippen LogP contribution in [0.1, 0.15) is 30.4 Å². The predicted molar refractivity (Wildman–Crippen MR) is 89.9 cm³/mol. The van der Waals surface area contributed by atoms with E-state index in [0.717, 1.165) is 11.3 Å². The number of hydrogen-bond donors (Lipinski definition) is 1. The first-order valence-corrected chi connectivity index (χ1v) is 7.92. The van der Waals surface area contributed by atoms with Crippen molar-refractivity contribution in [3.63, 3.8) is 0 Å². The largest absolute Gasteiger partial charge is 0.453 e. The van der Waals surface area contributed by atoms with Crippen molar-refractivity contribution in [1.29, 1.82) is 0 Å². The van der Waals surface area contributed by atoms with Gasteiger partial charge in [0.2, 0.25) is 0 Å². The topological polar surface area (TPSA) is 81.4 Å². The fourth-order valence-corrected chi connectivity index (χ4v) is 2.30. The molecule has 0 bridgehead atoms. The Kier molecular flexibility index (Phi) is 5.98. The van der Waals surface area contributed by atoms with Crippen LogP contribution in [0.5, 0.6) is 0 Å². The Labute approximate surface area is 145 Å². The molecule has 6 nitrogen and oxygen atoms in total. The summed E-state index contributed by atoms with van der Waals surface area (Å²) in [4.78, 5) is 23.9. The second-order valence-corrected chi connectivity index (χ2v) is 5.87. The molecule has 0 aliphatic heterocycles. The molecule has 0 saturated heterocycles. The number of amides is 1. The molecular weight excluding hydrogens is 332 g/mol. The van der Waals surface area contributed by atoms with Crippen molar-refractivity contribution in [2.75, 3.05) is 5.32 Å². The molecule has 0 spiro atoms. The predicted octanol–water partition coefficient (Wildman–Crippen LogP) is 3.45. The highest BCUT2D eigenvalue weighted by Crippen LogP contribution is 2.16. The Hall–Kier alpha value is -2.34. The first-order valence-electron chi connectivity index (χ1n) is 7.54. The average Bonchev–Trinajstić information content (AvgIpc) is 2.86. The lowest BCUT2D eigenvalue weighted by Gasteiger charge is -2.13. The summed E-state index contributed by atoms with van der Waals surface area (Å²) in [7, 11) is 0. The number of anilines is 1. The Morgan fingerprint density at radius 2 is 1.96 bits per heavy atom. The van der Waals surface area contributed by atoms with Crippen molar-refractivity contribution >= 4 is 29.2 Å². The van der Waals surface area contributed by atoms with Crippen LogP contribution in [0.15, 0.2) is 28.8 Å². The van der Waals surface area contributed by atoms with Crippen LogP contribution in [0.3, 0.4) is 0 Å². The van der Waals surface area contributed by atoms with Crippen molar-refractivity contribution in [3.8, 4) is 0 Å². The minimum Gasteiger partial charge on any atom is -0.453 e. The van der Waals surface area contributed by atoms with E-state index in [4.69, 9.17) is 20.9 Å². The Morgan fingerprint density at radius 3 is 2.54 bits per heavy atom. The number of benzene rings is 1. The van der Waals surface area contributed by atoms with E-state index >= 15 is 0 Å². The summed E-state index contributed by atoms with van der Waals surface area (Å²) in [5.41, 5.74) is 2.24. The van der Waals surface area contributed by atoms with Gasteiger partial charge in [-0.3, -0.25) is 9.59 Å². The number of carbonyl (C=O) groups excluding carboxylic acids is 2. The first-order chi connectivity index (χ1) is 11.4. The summed E-state index contributed by atoms with van der Waals surface area (Å²) in [5, 5.41) is 7.07. The minimum absolute atomic E-state index is 0.154. The number of halogens is 1. The summed E-state index contributed by atoms with van der Waals surface area (Å²) < 4.78 is 10.2. The molecule has 1 aromatic heterocycles. The van der Waals surface area contributed by atoms with E-state index in [1.54, 1.807) is 31.2 Å². The molecule has 1 amide bonds. The van der Waals surface area contributed by atoms with Gasteiger partial charge >= 0.3 is 5.97 Å². The molecule has 1 atom stereocenters. The van der Waals surface area contributed by atoms with Crippen LogP contribution in [0.25, 0.3) is 0 Å². The Morgan fingerprint density at radius 1 is 1.29 bits per heavy atom. The van der Waals surface area contributed by atoms with E-state index in [0.29, 0.717) is 22.9 Å². The third-order valence-electron chi connectivity index (χ3n) is 3.55. The SMILES string of the molecule is Cc1noc(C)c1CCC(=O)OC(C)C(=O)Nc1ccc(Cl)cc1. The van der Waals surface area contributed by atoms with Gasteiger partial charge in [0.25, 0.3) is 5.91 Å². The quantitative estimate of drug-likeness (QED) is 0.807. The summed E-state index contributed by atoms with van der Waals surface area (Å²) in [6, 6.07) is 6.67. The van der Waals surface area contributed by atoms with Gasteiger partial charge in [-0.05, 0) is 51.5 Å². The maximum Gasteiger partial charge on any atom is 0.306 e. The van der Waals surface area contributed by atoms with E-state index in [-0.39, 0.29) is 6.42 Å². The second-order valence-electron chi connectivity index (χ2n) is 5.43. The standard InChI is InChI=1S/C17H19ClN2O4/c1-10-15(11(2)24-20-10)8-9-16(21)23-12(3)17(22)19-14-6-4-13(18)5-7-14/h4-7,12H,8-9H2,1-3H3,(H,19,22). The molecule has 1 aromatic carbocycles. The molecule has 0 aliphatic rings. The van der Waals surface area contributed by atoms with Gasteiger partial charge in [0.05, 0.1) is 5.69 Å². The number of carbonyl (C=O) groups is 2. The van der Waals surface area contributed by atoms with Crippen molar-refractivity contribution in [2.24, 2.45) is 0 Å². The van der Waals surface area contributed by atoms with Crippen LogP contribution < -0.4 is 5.32 Å². The average molecular weight is 351 g/mol. The number of ether oxygens (including phenoxy) is 1. The maximum atomic E-state index is 12.0. The van der Waals surface area contributed by atoms with E-state index < -0.39 is 18.0 Å². The molecule has 0 fully saturated rings. The van der Waals surface area contributed by atoms with Gasteiger partial charge in [0, 0.05) is 22.7 Å². The summed E-state index contributed by atoms with van der Waals surface area (Å²) >= 11 is 5.79. The van der Waals surface area contributed by atoms with Crippen molar-refractivity contribution in [3.05, 3.63) is 46.3 Å². The van der Waals surface area contributed by atoms with Crippen molar-refractivity contribution in [2.45, 2.75) is 39.7 Å². The smallest absolute Gasteiger partial charge is 0.306 e. The highest BCUT2D eigenvalue weighted by atomic mass is 35.5. The molecule has 1 N–H and O–H groups in total. The number of nitrogens with zero attached hydrogens (tertiary/aromatic N) is 1. The number of nitrogens with one attached hydrogen (secondary N) is 1. The molecule has 2 aromatic rings. The fourth-order valence-electron chi connectivity index (χ4n) is 2.17. The zero-order valence-electron chi connectivity index (χ0n) is 13.8. The summed E-state index contributed by atoms with van der Waals surface area (Å²) in [6.07, 6.45) is -0.273. The fraction of sp³-hybridized carbons (Fsp3) is 0.353. The van der Waals surface area contributed by atoms with Crippen molar-refractivity contribution < 1.29 is 18.8 Å².